The Bertz CT molecular complexity index is 295. The van der Waals surface area contributed by atoms with E-state index in [-0.39, 0.29) is 12.4 Å². The second-order valence-electron chi connectivity index (χ2n) is 2.98. The van der Waals surface area contributed by atoms with Crippen molar-refractivity contribution in [2.45, 2.75) is 19.8 Å². The fraction of sp³-hybridized carbons (Fsp3) is 0.400. The van der Waals surface area contributed by atoms with Crippen LogP contribution in [-0.2, 0) is 16.0 Å². The molecule has 76 valence electrons. The van der Waals surface area contributed by atoms with Crippen molar-refractivity contribution in [3.8, 4) is 0 Å². The fourth-order valence-electron chi connectivity index (χ4n) is 0.955. The van der Waals surface area contributed by atoms with Gasteiger partial charge in [-0.05, 0) is 18.6 Å². The number of anilines is 1. The molecule has 0 bridgehead atoms. The first-order valence-electron chi connectivity index (χ1n) is 4.58. The molecule has 4 nitrogen and oxygen atoms in total. The first kappa shape index (κ1) is 10.5. The highest BCUT2D eigenvalue weighted by molar-refractivity contribution is 5.72. The maximum Gasteiger partial charge on any atom is 0.311 e. The topological polar surface area (TPSA) is 65.2 Å². The highest BCUT2D eigenvalue weighted by Crippen LogP contribution is 2.02. The second kappa shape index (κ2) is 5.21. The van der Waals surface area contributed by atoms with Crippen LogP contribution in [0, 0.1) is 0 Å². The molecular formula is C10H14N2O2. The Morgan fingerprint density at radius 3 is 2.93 bits per heavy atom. The zero-order valence-corrected chi connectivity index (χ0v) is 8.19. The molecule has 2 N–H and O–H groups in total. The zero-order valence-electron chi connectivity index (χ0n) is 8.19. The summed E-state index contributed by atoms with van der Waals surface area (Å²) in [6.45, 7) is 2.42. The molecule has 0 aliphatic heterocycles. The van der Waals surface area contributed by atoms with Crippen LogP contribution in [0.15, 0.2) is 18.3 Å². The number of rotatable bonds is 4. The van der Waals surface area contributed by atoms with Crippen molar-refractivity contribution in [1.82, 2.24) is 4.98 Å². The number of nitrogen functional groups attached to an aromatic ring is 1. The molecule has 0 aliphatic rings. The van der Waals surface area contributed by atoms with Gasteiger partial charge in [-0.25, -0.2) is 0 Å². The van der Waals surface area contributed by atoms with Crippen LogP contribution in [0.3, 0.4) is 0 Å². The van der Waals surface area contributed by atoms with Gasteiger partial charge in [-0.15, -0.1) is 0 Å². The first-order chi connectivity index (χ1) is 6.72. The van der Waals surface area contributed by atoms with Crippen molar-refractivity contribution in [3.63, 3.8) is 0 Å². The van der Waals surface area contributed by atoms with E-state index >= 15 is 0 Å². The Kier molecular flexibility index (Phi) is 3.91. The number of carbonyl (C=O) groups excluding carboxylic acids is 1. The van der Waals surface area contributed by atoms with Crippen molar-refractivity contribution in [3.05, 3.63) is 24.0 Å². The van der Waals surface area contributed by atoms with Crippen LogP contribution in [-0.4, -0.2) is 17.6 Å². The summed E-state index contributed by atoms with van der Waals surface area (Å²) >= 11 is 0. The predicted octanol–water partition coefficient (Wildman–Crippen LogP) is 1.16. The van der Waals surface area contributed by atoms with Crippen molar-refractivity contribution < 1.29 is 9.53 Å². The van der Waals surface area contributed by atoms with Gasteiger partial charge in [0.25, 0.3) is 0 Å². The number of esters is 1. The largest absolute Gasteiger partial charge is 0.465 e. The molecule has 0 amide bonds. The van der Waals surface area contributed by atoms with Gasteiger partial charge in [-0.3, -0.25) is 9.78 Å². The quantitative estimate of drug-likeness (QED) is 0.730. The molecule has 0 aromatic carbocycles. The lowest BCUT2D eigenvalue weighted by Crippen LogP contribution is -2.09. The molecule has 1 aromatic heterocycles. The van der Waals surface area contributed by atoms with Crippen LogP contribution >= 0.6 is 0 Å². The number of hydrogen-bond donors (Lipinski definition) is 1. The molecule has 1 aromatic rings. The average molecular weight is 194 g/mol. The maximum absolute atomic E-state index is 11.2. The normalized spacial score (nSPS) is 9.79. The van der Waals surface area contributed by atoms with Gasteiger partial charge >= 0.3 is 5.97 Å². The van der Waals surface area contributed by atoms with Gasteiger partial charge in [0, 0.05) is 0 Å². The number of aromatic nitrogens is 1. The molecular weight excluding hydrogens is 180 g/mol. The highest BCUT2D eigenvalue weighted by Gasteiger charge is 2.04. The first-order valence-corrected chi connectivity index (χ1v) is 4.58. The maximum atomic E-state index is 11.2. The molecule has 0 fully saturated rings. The second-order valence-corrected chi connectivity index (χ2v) is 2.98. The third kappa shape index (κ3) is 3.43. The molecule has 0 spiro atoms. The Labute approximate surface area is 83.1 Å². The summed E-state index contributed by atoms with van der Waals surface area (Å²) in [4.78, 5) is 15.2. The van der Waals surface area contributed by atoms with E-state index in [1.165, 1.54) is 6.20 Å². The number of hydrogen-bond acceptors (Lipinski definition) is 4. The molecule has 1 heterocycles. The van der Waals surface area contributed by atoms with Crippen molar-refractivity contribution in [2.24, 2.45) is 0 Å². The fourth-order valence-corrected chi connectivity index (χ4v) is 0.955. The van der Waals surface area contributed by atoms with Gasteiger partial charge in [0.15, 0.2) is 0 Å². The summed E-state index contributed by atoms with van der Waals surface area (Å²) in [7, 11) is 0. The lowest BCUT2D eigenvalue weighted by molar-refractivity contribution is -0.142. The van der Waals surface area contributed by atoms with Crippen LogP contribution in [0.5, 0.6) is 0 Å². The van der Waals surface area contributed by atoms with Gasteiger partial charge < -0.3 is 10.5 Å². The molecule has 0 atom stereocenters. The molecule has 1 rings (SSSR count). The molecule has 0 aliphatic carbocycles. The third-order valence-electron chi connectivity index (χ3n) is 1.64. The number of pyridine rings is 1. The Hall–Kier alpha value is -1.58. The third-order valence-corrected chi connectivity index (χ3v) is 1.64. The Balaban J connectivity index is 2.44. The minimum absolute atomic E-state index is 0.209. The predicted molar refractivity (Wildman–Crippen MR) is 53.6 cm³/mol. The lowest BCUT2D eigenvalue weighted by atomic mass is 10.2. The van der Waals surface area contributed by atoms with Gasteiger partial charge in [0.2, 0.25) is 0 Å². The zero-order chi connectivity index (χ0) is 10.4. The van der Waals surface area contributed by atoms with Crippen molar-refractivity contribution in [2.75, 3.05) is 12.3 Å². The van der Waals surface area contributed by atoms with Gasteiger partial charge in [0.1, 0.15) is 0 Å². The van der Waals surface area contributed by atoms with Gasteiger partial charge in [-0.2, -0.15) is 0 Å². The summed E-state index contributed by atoms with van der Waals surface area (Å²) in [5.74, 6) is -0.246. The Morgan fingerprint density at radius 2 is 2.36 bits per heavy atom. The van der Waals surface area contributed by atoms with Crippen LogP contribution in [0.4, 0.5) is 5.69 Å². The van der Waals surface area contributed by atoms with Gasteiger partial charge in [-0.1, -0.05) is 6.92 Å². The van der Waals surface area contributed by atoms with Crippen molar-refractivity contribution >= 4 is 11.7 Å². The van der Waals surface area contributed by atoms with Crippen LogP contribution in [0.2, 0.25) is 0 Å². The monoisotopic (exact) mass is 194 g/mol. The van der Waals surface area contributed by atoms with E-state index in [4.69, 9.17) is 10.5 Å². The van der Waals surface area contributed by atoms with E-state index in [1.807, 2.05) is 6.92 Å². The SMILES string of the molecule is CCCOC(=O)Cc1ccc(N)cn1. The molecule has 0 saturated carbocycles. The summed E-state index contributed by atoms with van der Waals surface area (Å²) in [5, 5.41) is 0. The number of nitrogens with zero attached hydrogens (tertiary/aromatic N) is 1. The highest BCUT2D eigenvalue weighted by atomic mass is 16.5. The van der Waals surface area contributed by atoms with E-state index in [9.17, 15) is 4.79 Å². The number of nitrogens with two attached hydrogens (primary N) is 1. The Morgan fingerprint density at radius 1 is 1.57 bits per heavy atom. The van der Waals surface area contributed by atoms with E-state index in [2.05, 4.69) is 4.98 Å². The van der Waals surface area contributed by atoms with E-state index in [0.29, 0.717) is 18.0 Å². The van der Waals surface area contributed by atoms with Crippen molar-refractivity contribution in [1.29, 1.82) is 0 Å². The lowest BCUT2D eigenvalue weighted by Gasteiger charge is -2.02. The summed E-state index contributed by atoms with van der Waals surface area (Å²) in [6.07, 6.45) is 2.57. The minimum Gasteiger partial charge on any atom is -0.465 e. The molecule has 0 saturated heterocycles. The van der Waals surface area contributed by atoms with Crippen LogP contribution in [0.1, 0.15) is 19.0 Å². The minimum atomic E-state index is -0.246. The standard InChI is InChI=1S/C10H14N2O2/c1-2-5-14-10(13)6-9-4-3-8(11)7-12-9/h3-4,7H,2,5-6,11H2,1H3. The van der Waals surface area contributed by atoms with E-state index in [1.54, 1.807) is 12.1 Å². The molecule has 0 unspecified atom stereocenters. The summed E-state index contributed by atoms with van der Waals surface area (Å²) in [5.41, 5.74) is 6.73. The molecule has 0 radical (unpaired) electrons. The number of ether oxygens (including phenoxy) is 1. The van der Waals surface area contributed by atoms with Crippen LogP contribution in [0.25, 0.3) is 0 Å². The van der Waals surface area contributed by atoms with E-state index in [0.717, 1.165) is 6.42 Å². The summed E-state index contributed by atoms with van der Waals surface area (Å²) < 4.78 is 4.92. The number of carbonyl (C=O) groups is 1. The molecule has 14 heavy (non-hydrogen) atoms. The van der Waals surface area contributed by atoms with E-state index < -0.39 is 0 Å². The smallest absolute Gasteiger partial charge is 0.311 e. The van der Waals surface area contributed by atoms with Gasteiger partial charge in [0.05, 0.1) is 30.6 Å². The summed E-state index contributed by atoms with van der Waals surface area (Å²) in [6, 6.07) is 3.44. The van der Waals surface area contributed by atoms with Crippen LogP contribution < -0.4 is 5.73 Å². The molecule has 4 heteroatoms. The average Bonchev–Trinajstić information content (AvgIpc) is 2.18.